The van der Waals surface area contributed by atoms with Crippen molar-refractivity contribution in [1.82, 2.24) is 24.3 Å². The lowest BCUT2D eigenvalue weighted by Gasteiger charge is -2.38. The van der Waals surface area contributed by atoms with E-state index >= 15 is 0 Å². The van der Waals surface area contributed by atoms with E-state index in [1.165, 1.54) is 10.6 Å². The minimum Gasteiger partial charge on any atom is -0.369 e. The van der Waals surface area contributed by atoms with Crippen LogP contribution in [0.5, 0.6) is 0 Å². The lowest BCUT2D eigenvalue weighted by atomic mass is 10.2. The highest BCUT2D eigenvalue weighted by molar-refractivity contribution is 5.98. The van der Waals surface area contributed by atoms with Gasteiger partial charge < -0.3 is 15.1 Å². The molecule has 0 saturated carbocycles. The fraction of sp³-hybridized carbons (Fsp3) is 0.375. The summed E-state index contributed by atoms with van der Waals surface area (Å²) in [5.74, 6) is 0.364. The summed E-state index contributed by atoms with van der Waals surface area (Å²) in [7, 11) is 3.44. The molecule has 1 aromatic carbocycles. The van der Waals surface area contributed by atoms with E-state index in [1.807, 2.05) is 12.1 Å². The number of piperazine rings is 1. The molecule has 1 saturated heterocycles. The van der Waals surface area contributed by atoms with Crippen LogP contribution in [-0.2, 0) is 0 Å². The number of nitrogens with one attached hydrogen (secondary N) is 1. The van der Waals surface area contributed by atoms with Crippen LogP contribution in [-0.4, -0.2) is 76.6 Å². The van der Waals surface area contributed by atoms with Crippen molar-refractivity contribution in [3.63, 3.8) is 0 Å². The standard InChI is InChI=1S/C24H31N7O/c1-6-31-21(23(32)28(4)5)15-18-16-25-24(27-22(18)31)26-19-7-9-20(10-8-19)30-13-11-29(12-14-30)17(2)3/h6-10,15-17H,1,11-14H2,2-5H3,(H,25,26,27). The van der Waals surface area contributed by atoms with Crippen LogP contribution in [0.3, 0.4) is 0 Å². The number of fused-ring (bicyclic) bond motifs is 1. The normalized spacial score (nSPS) is 14.7. The van der Waals surface area contributed by atoms with Crippen LogP contribution >= 0.6 is 0 Å². The highest BCUT2D eigenvalue weighted by Gasteiger charge is 2.19. The molecule has 1 N–H and O–H groups in total. The predicted octanol–water partition coefficient (Wildman–Crippen LogP) is 3.51. The summed E-state index contributed by atoms with van der Waals surface area (Å²) < 4.78 is 1.70. The molecule has 0 aliphatic carbocycles. The highest BCUT2D eigenvalue weighted by Crippen LogP contribution is 2.24. The Hall–Kier alpha value is -3.39. The molecule has 1 aliphatic heterocycles. The molecule has 3 heterocycles. The van der Waals surface area contributed by atoms with Crippen molar-refractivity contribution in [2.45, 2.75) is 19.9 Å². The first kappa shape index (κ1) is 21.8. The van der Waals surface area contributed by atoms with Gasteiger partial charge in [-0.3, -0.25) is 14.3 Å². The predicted molar refractivity (Wildman–Crippen MR) is 131 cm³/mol. The molecule has 0 bridgehead atoms. The number of aromatic nitrogens is 3. The first-order valence-corrected chi connectivity index (χ1v) is 11.0. The Morgan fingerprint density at radius 2 is 1.84 bits per heavy atom. The van der Waals surface area contributed by atoms with Gasteiger partial charge in [-0.15, -0.1) is 0 Å². The number of hydrogen-bond donors (Lipinski definition) is 1. The second-order valence-corrected chi connectivity index (χ2v) is 8.54. The lowest BCUT2D eigenvalue weighted by Crippen LogP contribution is -2.48. The average molecular weight is 434 g/mol. The van der Waals surface area contributed by atoms with Crippen molar-refractivity contribution in [3.8, 4) is 0 Å². The molecule has 1 fully saturated rings. The van der Waals surface area contributed by atoms with Gasteiger partial charge in [0.25, 0.3) is 5.91 Å². The van der Waals surface area contributed by atoms with Gasteiger partial charge in [0.15, 0.2) is 0 Å². The summed E-state index contributed by atoms with van der Waals surface area (Å²) in [4.78, 5) is 28.0. The Bertz CT molecular complexity index is 1110. The van der Waals surface area contributed by atoms with Gasteiger partial charge in [-0.05, 0) is 44.2 Å². The van der Waals surface area contributed by atoms with Crippen LogP contribution in [0.4, 0.5) is 17.3 Å². The van der Waals surface area contributed by atoms with Crippen LogP contribution in [0.2, 0.25) is 0 Å². The molecule has 0 radical (unpaired) electrons. The molecule has 168 valence electrons. The zero-order valence-electron chi connectivity index (χ0n) is 19.2. The number of benzene rings is 1. The third kappa shape index (κ3) is 4.31. The topological polar surface area (TPSA) is 69.5 Å². The minimum atomic E-state index is -0.109. The van der Waals surface area contributed by atoms with Crippen LogP contribution < -0.4 is 10.2 Å². The van der Waals surface area contributed by atoms with Gasteiger partial charge in [-0.2, -0.15) is 4.98 Å². The first-order valence-electron chi connectivity index (χ1n) is 11.0. The maximum atomic E-state index is 12.5. The Morgan fingerprint density at radius 3 is 2.44 bits per heavy atom. The van der Waals surface area contributed by atoms with Crippen molar-refractivity contribution in [3.05, 3.63) is 48.8 Å². The number of rotatable bonds is 6. The summed E-state index contributed by atoms with van der Waals surface area (Å²) >= 11 is 0. The fourth-order valence-electron chi connectivity index (χ4n) is 4.03. The Kier molecular flexibility index (Phi) is 6.14. The molecular formula is C24H31N7O. The summed E-state index contributed by atoms with van der Waals surface area (Å²) in [6.07, 6.45) is 3.32. The molecule has 1 amide bonds. The lowest BCUT2D eigenvalue weighted by molar-refractivity contribution is 0.0821. The van der Waals surface area contributed by atoms with E-state index in [0.717, 1.165) is 37.3 Å². The van der Waals surface area contributed by atoms with Crippen LogP contribution in [0.15, 0.2) is 43.1 Å². The SMILES string of the molecule is C=Cn1c(C(=O)N(C)C)cc2cnc(Nc3ccc(N4CCN(C(C)C)CC4)cc3)nc21. The minimum absolute atomic E-state index is 0.109. The van der Waals surface area contributed by atoms with E-state index in [9.17, 15) is 4.79 Å². The van der Waals surface area contributed by atoms with Gasteiger partial charge in [-0.25, -0.2) is 4.98 Å². The molecule has 3 aromatic rings. The quantitative estimate of drug-likeness (QED) is 0.642. The van der Waals surface area contributed by atoms with E-state index in [4.69, 9.17) is 0 Å². The molecule has 0 spiro atoms. The van der Waals surface area contributed by atoms with Gasteiger partial charge in [0.1, 0.15) is 11.3 Å². The number of nitrogens with zero attached hydrogens (tertiary/aromatic N) is 6. The summed E-state index contributed by atoms with van der Waals surface area (Å²) in [6, 6.07) is 10.7. The maximum absolute atomic E-state index is 12.5. The second kappa shape index (κ2) is 9.00. The van der Waals surface area contributed by atoms with Crippen molar-refractivity contribution in [2.24, 2.45) is 0 Å². The average Bonchev–Trinajstić information content (AvgIpc) is 3.16. The van der Waals surface area contributed by atoms with Gasteiger partial charge in [-0.1, -0.05) is 6.58 Å². The summed E-state index contributed by atoms with van der Waals surface area (Å²) in [5, 5.41) is 4.06. The van der Waals surface area contributed by atoms with Crippen LogP contribution in [0.1, 0.15) is 24.3 Å². The Morgan fingerprint density at radius 1 is 1.16 bits per heavy atom. The Labute approximate surface area is 189 Å². The molecule has 2 aromatic heterocycles. The van der Waals surface area contributed by atoms with E-state index < -0.39 is 0 Å². The number of hydrogen-bond acceptors (Lipinski definition) is 6. The van der Waals surface area contributed by atoms with Gasteiger partial charge >= 0.3 is 0 Å². The largest absolute Gasteiger partial charge is 0.369 e. The first-order chi connectivity index (χ1) is 15.4. The van der Waals surface area contributed by atoms with E-state index in [1.54, 1.807) is 37.1 Å². The van der Waals surface area contributed by atoms with Gasteiger partial charge in [0, 0.05) is 75.5 Å². The zero-order chi connectivity index (χ0) is 22.8. The Balaban J connectivity index is 1.50. The fourth-order valence-corrected chi connectivity index (χ4v) is 4.03. The van der Waals surface area contributed by atoms with Crippen molar-refractivity contribution in [1.29, 1.82) is 0 Å². The smallest absolute Gasteiger partial charge is 0.270 e. The van der Waals surface area contributed by atoms with Crippen LogP contribution in [0.25, 0.3) is 17.2 Å². The van der Waals surface area contributed by atoms with Crippen molar-refractivity contribution < 1.29 is 4.79 Å². The van der Waals surface area contributed by atoms with Gasteiger partial charge in [0.05, 0.1) is 0 Å². The number of anilines is 3. The molecule has 4 rings (SSSR count). The molecular weight excluding hydrogens is 402 g/mol. The number of amides is 1. The molecule has 8 heteroatoms. The maximum Gasteiger partial charge on any atom is 0.270 e. The van der Waals surface area contributed by atoms with Crippen molar-refractivity contribution >= 4 is 40.5 Å². The van der Waals surface area contributed by atoms with Crippen molar-refractivity contribution in [2.75, 3.05) is 50.5 Å². The molecule has 1 aliphatic rings. The third-order valence-corrected chi connectivity index (χ3v) is 5.92. The zero-order valence-corrected chi connectivity index (χ0v) is 19.2. The molecule has 8 nitrogen and oxygen atoms in total. The highest BCUT2D eigenvalue weighted by atomic mass is 16.2. The molecule has 32 heavy (non-hydrogen) atoms. The monoisotopic (exact) mass is 433 g/mol. The summed E-state index contributed by atoms with van der Waals surface area (Å²) in [6.45, 7) is 12.6. The van der Waals surface area contributed by atoms with E-state index in [2.05, 4.69) is 57.6 Å². The van der Waals surface area contributed by atoms with Crippen LogP contribution in [0, 0.1) is 0 Å². The number of carbonyl (C=O) groups excluding carboxylic acids is 1. The third-order valence-electron chi connectivity index (χ3n) is 5.92. The molecule has 0 unspecified atom stereocenters. The summed E-state index contributed by atoms with van der Waals surface area (Å²) in [5.41, 5.74) is 3.29. The van der Waals surface area contributed by atoms with E-state index in [-0.39, 0.29) is 5.91 Å². The van der Waals surface area contributed by atoms with Gasteiger partial charge in [0.2, 0.25) is 5.95 Å². The number of carbonyl (C=O) groups is 1. The second-order valence-electron chi connectivity index (χ2n) is 8.54. The van der Waals surface area contributed by atoms with E-state index in [0.29, 0.717) is 23.3 Å². The molecule has 0 atom stereocenters.